The van der Waals surface area contributed by atoms with Crippen LogP contribution in [-0.4, -0.2) is 15.0 Å². The normalized spacial score (nSPS) is 14.0. The molecule has 1 aliphatic rings. The fourth-order valence-electron chi connectivity index (χ4n) is 8.49. The number of nitrogens with zero attached hydrogens (tertiary/aromatic N) is 3. The van der Waals surface area contributed by atoms with E-state index in [1.165, 1.54) is 71.6 Å². The van der Waals surface area contributed by atoms with Crippen LogP contribution in [0.4, 0.5) is 5.69 Å². The van der Waals surface area contributed by atoms with Crippen molar-refractivity contribution >= 4 is 55.1 Å². The highest BCUT2D eigenvalue weighted by Crippen LogP contribution is 2.39. The summed E-state index contributed by atoms with van der Waals surface area (Å²) in [5, 5.41) is 8.75. The van der Waals surface area contributed by atoms with E-state index in [2.05, 4.69) is 209 Å². The minimum absolute atomic E-state index is 0.0133. The maximum atomic E-state index is 5.14. The zero-order valence-corrected chi connectivity index (χ0v) is 29.4. The summed E-state index contributed by atoms with van der Waals surface area (Å²) < 4.78 is 4.76. The third-order valence-electron chi connectivity index (χ3n) is 11.0. The average molecular weight is 691 g/mol. The Morgan fingerprint density at radius 2 is 0.926 bits per heavy atom. The van der Waals surface area contributed by atoms with Crippen molar-refractivity contribution in [1.82, 2.24) is 14.5 Å². The van der Waals surface area contributed by atoms with Gasteiger partial charge in [-0.2, -0.15) is 0 Å². The standard InChI is InChI=1S/C50H34N4/c1-3-14-33(15-4-1)49-41-22-7-10-23-44(41)51-50(52-49)36-16-13-19-38(30-36)54-46-25-12-9-21-40(46)43-32-35(27-29-48(43)54)34-26-28-47-42(31-34)39-20-8-11-24-45(39)53(47)37-17-5-2-6-18-37/h1-32,49H,(H,51,52). The van der Waals surface area contributed by atoms with Gasteiger partial charge in [-0.1, -0.05) is 127 Å². The molecule has 0 saturated carbocycles. The topological polar surface area (TPSA) is 34.2 Å². The van der Waals surface area contributed by atoms with Gasteiger partial charge in [0.25, 0.3) is 0 Å². The number of benzene rings is 8. The molecule has 1 atom stereocenters. The molecule has 0 saturated heterocycles. The number of hydrogen-bond donors (Lipinski definition) is 1. The van der Waals surface area contributed by atoms with Gasteiger partial charge in [0, 0.05) is 44.0 Å². The molecule has 0 radical (unpaired) electrons. The van der Waals surface area contributed by atoms with Gasteiger partial charge in [0.05, 0.1) is 33.8 Å². The van der Waals surface area contributed by atoms with Gasteiger partial charge in [0.15, 0.2) is 0 Å². The number of fused-ring (bicyclic) bond motifs is 7. The predicted octanol–water partition coefficient (Wildman–Crippen LogP) is 12.3. The Balaban J connectivity index is 1.03. The Morgan fingerprint density at radius 3 is 1.61 bits per heavy atom. The molecule has 1 N–H and O–H groups in total. The molecule has 1 aliphatic heterocycles. The number of nitrogens with one attached hydrogen (secondary N) is 1. The molecule has 0 aliphatic carbocycles. The molecule has 8 aromatic carbocycles. The highest BCUT2D eigenvalue weighted by atomic mass is 15.1. The van der Waals surface area contributed by atoms with Crippen molar-refractivity contribution in [3.05, 3.63) is 211 Å². The molecule has 54 heavy (non-hydrogen) atoms. The van der Waals surface area contributed by atoms with Gasteiger partial charge < -0.3 is 14.5 Å². The Bertz CT molecular complexity index is 3080. The first-order chi connectivity index (χ1) is 26.8. The lowest BCUT2D eigenvalue weighted by Crippen LogP contribution is -2.32. The highest BCUT2D eigenvalue weighted by molar-refractivity contribution is 6.13. The lowest BCUT2D eigenvalue weighted by atomic mass is 9.95. The summed E-state index contributed by atoms with van der Waals surface area (Å²) in [6, 6.07) is 69.8. The Kier molecular flexibility index (Phi) is 6.89. The number of hydrogen-bond acceptors (Lipinski definition) is 2. The van der Waals surface area contributed by atoms with Gasteiger partial charge in [0.1, 0.15) is 5.84 Å². The number of aliphatic imine (C=N–C) groups is 1. The lowest BCUT2D eigenvalue weighted by Gasteiger charge is -2.28. The summed E-state index contributed by atoms with van der Waals surface area (Å²) >= 11 is 0. The highest BCUT2D eigenvalue weighted by Gasteiger charge is 2.24. The van der Waals surface area contributed by atoms with E-state index in [0.29, 0.717) is 0 Å². The summed E-state index contributed by atoms with van der Waals surface area (Å²) in [6.45, 7) is 0. The average Bonchev–Trinajstić information content (AvgIpc) is 3.76. The van der Waals surface area contributed by atoms with E-state index < -0.39 is 0 Å². The molecule has 2 aromatic heterocycles. The van der Waals surface area contributed by atoms with Gasteiger partial charge >= 0.3 is 0 Å². The second kappa shape index (κ2) is 12.2. The Hall–Kier alpha value is -7.17. The number of rotatable bonds is 5. The van der Waals surface area contributed by atoms with Crippen LogP contribution in [0.25, 0.3) is 66.1 Å². The van der Waals surface area contributed by atoms with Crippen LogP contribution in [0.3, 0.4) is 0 Å². The second-order valence-electron chi connectivity index (χ2n) is 14.1. The summed E-state index contributed by atoms with van der Waals surface area (Å²) in [7, 11) is 0. The molecular formula is C50H34N4. The van der Waals surface area contributed by atoms with Gasteiger partial charge in [-0.05, 0) is 83.4 Å². The van der Waals surface area contributed by atoms with E-state index in [9.17, 15) is 0 Å². The van der Waals surface area contributed by atoms with E-state index in [-0.39, 0.29) is 6.04 Å². The summed E-state index contributed by atoms with van der Waals surface area (Å²) in [4.78, 5) is 5.14. The van der Waals surface area contributed by atoms with E-state index in [0.717, 1.165) is 22.8 Å². The molecular weight excluding hydrogens is 657 g/mol. The molecule has 0 fully saturated rings. The quantitative estimate of drug-likeness (QED) is 0.192. The SMILES string of the molecule is c1ccc(C2NC(c3cccc(-n4c5ccccc5c5cc(-c6ccc7c(c6)c6ccccc6n7-c6ccccc6)ccc54)c3)=Nc3ccccc32)cc1. The summed E-state index contributed by atoms with van der Waals surface area (Å²) in [6.07, 6.45) is 0. The molecule has 0 amide bonds. The molecule has 4 heteroatoms. The van der Waals surface area contributed by atoms with Gasteiger partial charge in [-0.3, -0.25) is 0 Å². The van der Waals surface area contributed by atoms with Crippen molar-refractivity contribution in [3.8, 4) is 22.5 Å². The molecule has 10 aromatic rings. The van der Waals surface area contributed by atoms with Crippen LogP contribution >= 0.6 is 0 Å². The first-order valence-electron chi connectivity index (χ1n) is 18.5. The number of amidine groups is 1. The van der Waals surface area contributed by atoms with Crippen molar-refractivity contribution < 1.29 is 0 Å². The van der Waals surface area contributed by atoms with Crippen molar-refractivity contribution in [2.45, 2.75) is 6.04 Å². The summed E-state index contributed by atoms with van der Waals surface area (Å²) in [5.74, 6) is 0.872. The van der Waals surface area contributed by atoms with Crippen molar-refractivity contribution in [2.75, 3.05) is 0 Å². The fraction of sp³-hybridized carbons (Fsp3) is 0.0200. The fourth-order valence-corrected chi connectivity index (χ4v) is 8.49. The van der Waals surface area contributed by atoms with Crippen LogP contribution in [0, 0.1) is 0 Å². The molecule has 0 spiro atoms. The number of aromatic nitrogens is 2. The minimum atomic E-state index is 0.0133. The van der Waals surface area contributed by atoms with Crippen LogP contribution in [-0.2, 0) is 0 Å². The van der Waals surface area contributed by atoms with Crippen molar-refractivity contribution in [1.29, 1.82) is 0 Å². The molecule has 254 valence electrons. The zero-order chi connectivity index (χ0) is 35.6. The van der Waals surface area contributed by atoms with Crippen LogP contribution < -0.4 is 5.32 Å². The first kappa shape index (κ1) is 30.5. The summed E-state index contributed by atoms with van der Waals surface area (Å²) in [5.41, 5.74) is 13.9. The number of para-hydroxylation sites is 4. The molecule has 0 bridgehead atoms. The first-order valence-corrected chi connectivity index (χ1v) is 18.5. The zero-order valence-electron chi connectivity index (χ0n) is 29.4. The second-order valence-corrected chi connectivity index (χ2v) is 14.1. The lowest BCUT2D eigenvalue weighted by molar-refractivity contribution is 0.749. The molecule has 11 rings (SSSR count). The Labute approximate surface area is 312 Å². The van der Waals surface area contributed by atoms with E-state index in [1.54, 1.807) is 0 Å². The molecule has 3 heterocycles. The van der Waals surface area contributed by atoms with Gasteiger partial charge in [-0.25, -0.2) is 4.99 Å². The van der Waals surface area contributed by atoms with E-state index in [1.807, 2.05) is 0 Å². The molecule has 4 nitrogen and oxygen atoms in total. The van der Waals surface area contributed by atoms with Gasteiger partial charge in [0.2, 0.25) is 0 Å². The third-order valence-corrected chi connectivity index (χ3v) is 11.0. The van der Waals surface area contributed by atoms with E-state index >= 15 is 0 Å². The maximum absolute atomic E-state index is 5.14. The van der Waals surface area contributed by atoms with Crippen molar-refractivity contribution in [3.63, 3.8) is 0 Å². The third kappa shape index (κ3) is 4.81. The Morgan fingerprint density at radius 1 is 0.389 bits per heavy atom. The van der Waals surface area contributed by atoms with Crippen LogP contribution in [0.5, 0.6) is 0 Å². The van der Waals surface area contributed by atoms with Crippen LogP contribution in [0.15, 0.2) is 199 Å². The van der Waals surface area contributed by atoms with Crippen LogP contribution in [0.2, 0.25) is 0 Å². The maximum Gasteiger partial charge on any atom is 0.134 e. The predicted molar refractivity (Wildman–Crippen MR) is 225 cm³/mol. The monoisotopic (exact) mass is 690 g/mol. The van der Waals surface area contributed by atoms with Crippen LogP contribution in [0.1, 0.15) is 22.7 Å². The minimum Gasteiger partial charge on any atom is -0.359 e. The van der Waals surface area contributed by atoms with E-state index in [4.69, 9.17) is 4.99 Å². The smallest absolute Gasteiger partial charge is 0.134 e. The molecule has 1 unspecified atom stereocenters. The largest absolute Gasteiger partial charge is 0.359 e. The van der Waals surface area contributed by atoms with Crippen molar-refractivity contribution in [2.24, 2.45) is 4.99 Å². The van der Waals surface area contributed by atoms with Gasteiger partial charge in [-0.15, -0.1) is 0 Å².